The number of nitrogens with zero attached hydrogens (tertiary/aromatic N) is 3. The van der Waals surface area contributed by atoms with E-state index in [1.54, 1.807) is 19.2 Å². The van der Waals surface area contributed by atoms with Crippen molar-refractivity contribution in [2.75, 3.05) is 0 Å². The summed E-state index contributed by atoms with van der Waals surface area (Å²) in [6.45, 7) is 0. The third-order valence-electron chi connectivity index (χ3n) is 2.09. The van der Waals surface area contributed by atoms with Gasteiger partial charge in [-0.2, -0.15) is 5.10 Å². The Labute approximate surface area is 95.7 Å². The standard InChI is InChI=1S/C10H8ClF2N3/c1-16-5-7(10(12)13)9(15-16)6-2-3-8(11)14-4-6/h2-5,10H,1H3. The van der Waals surface area contributed by atoms with Gasteiger partial charge in [-0.3, -0.25) is 4.68 Å². The van der Waals surface area contributed by atoms with Crippen molar-refractivity contribution >= 4 is 11.6 Å². The molecule has 2 aromatic rings. The fourth-order valence-electron chi connectivity index (χ4n) is 1.41. The van der Waals surface area contributed by atoms with Crippen molar-refractivity contribution < 1.29 is 8.78 Å². The van der Waals surface area contributed by atoms with Gasteiger partial charge in [0.25, 0.3) is 6.43 Å². The van der Waals surface area contributed by atoms with Crippen LogP contribution in [0.4, 0.5) is 8.78 Å². The van der Waals surface area contributed by atoms with Crippen molar-refractivity contribution in [3.63, 3.8) is 0 Å². The van der Waals surface area contributed by atoms with Crippen LogP contribution < -0.4 is 0 Å². The Hall–Kier alpha value is -1.49. The van der Waals surface area contributed by atoms with E-state index in [2.05, 4.69) is 10.1 Å². The molecule has 0 aliphatic heterocycles. The third kappa shape index (κ3) is 2.04. The second-order valence-electron chi connectivity index (χ2n) is 3.28. The van der Waals surface area contributed by atoms with Gasteiger partial charge in [-0.05, 0) is 12.1 Å². The fourth-order valence-corrected chi connectivity index (χ4v) is 1.52. The van der Waals surface area contributed by atoms with Crippen LogP contribution >= 0.6 is 11.6 Å². The van der Waals surface area contributed by atoms with E-state index in [0.29, 0.717) is 10.7 Å². The smallest absolute Gasteiger partial charge is 0.267 e. The Balaban J connectivity index is 2.50. The highest BCUT2D eigenvalue weighted by molar-refractivity contribution is 6.29. The summed E-state index contributed by atoms with van der Waals surface area (Å²) < 4.78 is 26.8. The van der Waals surface area contributed by atoms with Crippen LogP contribution in [0.2, 0.25) is 5.15 Å². The van der Waals surface area contributed by atoms with Gasteiger partial charge in [-0.15, -0.1) is 0 Å². The van der Waals surface area contributed by atoms with E-state index in [4.69, 9.17) is 11.6 Å². The maximum Gasteiger partial charge on any atom is 0.267 e. The van der Waals surface area contributed by atoms with Crippen LogP contribution in [0, 0.1) is 0 Å². The Morgan fingerprint density at radius 1 is 1.38 bits per heavy atom. The summed E-state index contributed by atoms with van der Waals surface area (Å²) in [5.74, 6) is 0. The molecule has 0 amide bonds. The molecular formula is C10H8ClF2N3. The summed E-state index contributed by atoms with van der Waals surface area (Å²) in [7, 11) is 1.60. The molecule has 0 spiro atoms. The zero-order chi connectivity index (χ0) is 11.7. The second-order valence-corrected chi connectivity index (χ2v) is 3.66. The van der Waals surface area contributed by atoms with Crippen LogP contribution in [0.15, 0.2) is 24.5 Å². The average Bonchev–Trinajstić information content (AvgIpc) is 2.61. The molecule has 0 aliphatic rings. The third-order valence-corrected chi connectivity index (χ3v) is 2.32. The van der Waals surface area contributed by atoms with Crippen LogP contribution in [0.25, 0.3) is 11.3 Å². The van der Waals surface area contributed by atoms with E-state index in [1.165, 1.54) is 17.1 Å². The monoisotopic (exact) mass is 243 g/mol. The molecule has 0 saturated heterocycles. The molecule has 16 heavy (non-hydrogen) atoms. The first-order chi connectivity index (χ1) is 7.58. The molecule has 2 rings (SSSR count). The van der Waals surface area contributed by atoms with Crippen molar-refractivity contribution in [1.82, 2.24) is 14.8 Å². The lowest BCUT2D eigenvalue weighted by Gasteiger charge is -2.00. The van der Waals surface area contributed by atoms with Gasteiger partial charge in [0.15, 0.2) is 0 Å². The number of aryl methyl sites for hydroxylation is 1. The Bertz CT molecular complexity index is 493. The van der Waals surface area contributed by atoms with Gasteiger partial charge in [0.1, 0.15) is 10.8 Å². The molecule has 0 fully saturated rings. The van der Waals surface area contributed by atoms with E-state index < -0.39 is 6.43 Å². The van der Waals surface area contributed by atoms with Crippen molar-refractivity contribution in [2.45, 2.75) is 6.43 Å². The van der Waals surface area contributed by atoms with Gasteiger partial charge in [-0.1, -0.05) is 11.6 Å². The highest BCUT2D eigenvalue weighted by Gasteiger charge is 2.18. The lowest BCUT2D eigenvalue weighted by molar-refractivity contribution is 0.152. The molecule has 0 N–H and O–H groups in total. The van der Waals surface area contributed by atoms with Gasteiger partial charge >= 0.3 is 0 Å². The largest absolute Gasteiger partial charge is 0.275 e. The first kappa shape index (κ1) is 11.0. The Kier molecular flexibility index (Phi) is 2.87. The molecule has 0 bridgehead atoms. The number of halogens is 3. The predicted molar refractivity (Wildman–Crippen MR) is 56.4 cm³/mol. The number of alkyl halides is 2. The summed E-state index contributed by atoms with van der Waals surface area (Å²) in [6, 6.07) is 3.16. The summed E-state index contributed by atoms with van der Waals surface area (Å²) in [4.78, 5) is 3.84. The first-order valence-corrected chi connectivity index (χ1v) is 4.89. The minimum Gasteiger partial charge on any atom is -0.275 e. The molecule has 84 valence electrons. The molecular weight excluding hydrogens is 236 g/mol. The fraction of sp³-hybridized carbons (Fsp3) is 0.200. The highest BCUT2D eigenvalue weighted by atomic mass is 35.5. The van der Waals surface area contributed by atoms with Crippen LogP contribution in [0.5, 0.6) is 0 Å². The van der Waals surface area contributed by atoms with Gasteiger partial charge < -0.3 is 0 Å². The molecule has 0 aromatic carbocycles. The van der Waals surface area contributed by atoms with Crippen LogP contribution in [0.1, 0.15) is 12.0 Å². The molecule has 0 unspecified atom stereocenters. The lowest BCUT2D eigenvalue weighted by Crippen LogP contribution is -1.89. The van der Waals surface area contributed by atoms with Crippen molar-refractivity contribution in [3.05, 3.63) is 35.2 Å². The summed E-state index contributed by atoms with van der Waals surface area (Å²) in [6.07, 6.45) is 0.171. The molecule has 6 heteroatoms. The average molecular weight is 244 g/mol. The van der Waals surface area contributed by atoms with Gasteiger partial charge in [0.05, 0.1) is 5.56 Å². The predicted octanol–water partition coefficient (Wildman–Crippen LogP) is 3.07. The lowest BCUT2D eigenvalue weighted by atomic mass is 10.1. The van der Waals surface area contributed by atoms with E-state index in [1.807, 2.05) is 0 Å². The highest BCUT2D eigenvalue weighted by Crippen LogP contribution is 2.29. The SMILES string of the molecule is Cn1cc(C(F)F)c(-c2ccc(Cl)nc2)n1. The summed E-state index contributed by atoms with van der Waals surface area (Å²) in [5.41, 5.74) is 0.661. The normalized spacial score (nSPS) is 11.1. The van der Waals surface area contributed by atoms with E-state index in [-0.39, 0.29) is 11.3 Å². The Morgan fingerprint density at radius 2 is 2.12 bits per heavy atom. The summed E-state index contributed by atoms with van der Waals surface area (Å²) >= 11 is 5.62. The Morgan fingerprint density at radius 3 is 2.69 bits per heavy atom. The van der Waals surface area contributed by atoms with E-state index in [9.17, 15) is 8.78 Å². The second kappa shape index (κ2) is 4.17. The molecule has 3 nitrogen and oxygen atoms in total. The summed E-state index contributed by atoms with van der Waals surface area (Å²) in [5, 5.41) is 4.30. The van der Waals surface area contributed by atoms with Crippen LogP contribution in [-0.2, 0) is 7.05 Å². The van der Waals surface area contributed by atoms with Crippen LogP contribution in [-0.4, -0.2) is 14.8 Å². The zero-order valence-corrected chi connectivity index (χ0v) is 9.12. The minimum atomic E-state index is -2.56. The van der Waals surface area contributed by atoms with Gasteiger partial charge in [0.2, 0.25) is 0 Å². The zero-order valence-electron chi connectivity index (χ0n) is 8.36. The first-order valence-electron chi connectivity index (χ1n) is 4.51. The van der Waals surface area contributed by atoms with Crippen molar-refractivity contribution in [3.8, 4) is 11.3 Å². The topological polar surface area (TPSA) is 30.7 Å². The molecule has 0 atom stereocenters. The molecule has 0 radical (unpaired) electrons. The number of hydrogen-bond donors (Lipinski definition) is 0. The van der Waals surface area contributed by atoms with Gasteiger partial charge in [-0.25, -0.2) is 13.8 Å². The van der Waals surface area contributed by atoms with Crippen molar-refractivity contribution in [1.29, 1.82) is 0 Å². The number of pyridine rings is 1. The molecule has 0 aliphatic carbocycles. The minimum absolute atomic E-state index is 0.105. The number of aromatic nitrogens is 3. The number of rotatable bonds is 2. The van der Waals surface area contributed by atoms with Gasteiger partial charge in [0, 0.05) is 25.0 Å². The van der Waals surface area contributed by atoms with Crippen LogP contribution in [0.3, 0.4) is 0 Å². The van der Waals surface area contributed by atoms with Crippen molar-refractivity contribution in [2.24, 2.45) is 7.05 Å². The van der Waals surface area contributed by atoms with E-state index in [0.717, 1.165) is 0 Å². The number of hydrogen-bond acceptors (Lipinski definition) is 2. The van der Waals surface area contributed by atoms with E-state index >= 15 is 0 Å². The maximum absolute atomic E-state index is 12.7. The molecule has 2 heterocycles. The maximum atomic E-state index is 12.7. The molecule has 2 aromatic heterocycles. The molecule has 0 saturated carbocycles. The quantitative estimate of drug-likeness (QED) is 0.759.